The highest BCUT2D eigenvalue weighted by atomic mass is 16.5. The molecule has 84 valence electrons. The van der Waals surface area contributed by atoms with Crippen molar-refractivity contribution < 1.29 is 4.74 Å². The van der Waals surface area contributed by atoms with Gasteiger partial charge >= 0.3 is 0 Å². The quantitative estimate of drug-likeness (QED) is 0.819. The molecule has 0 spiro atoms. The molecule has 0 saturated carbocycles. The topological polar surface area (TPSA) is 21.3 Å². The largest absolute Gasteiger partial charge is 0.383 e. The number of methoxy groups -OCH3 is 1. The summed E-state index contributed by atoms with van der Waals surface area (Å²) in [5.41, 5.74) is 5.36. The molecule has 0 amide bonds. The standard InChI is InChI=1S/C13H21NO/c1-9-6-10(2)13(11(3)7-9)12(14-4)8-15-5/h6-7,12,14H,8H2,1-5H3. The van der Waals surface area contributed by atoms with Crippen molar-refractivity contribution in [2.24, 2.45) is 0 Å². The summed E-state index contributed by atoms with van der Waals surface area (Å²) in [7, 11) is 3.71. The highest BCUT2D eigenvalue weighted by Gasteiger charge is 2.14. The van der Waals surface area contributed by atoms with E-state index in [9.17, 15) is 0 Å². The Morgan fingerprint density at radius 2 is 1.73 bits per heavy atom. The van der Waals surface area contributed by atoms with Gasteiger partial charge in [0.15, 0.2) is 0 Å². The fourth-order valence-electron chi connectivity index (χ4n) is 2.22. The minimum absolute atomic E-state index is 0.288. The molecule has 0 aromatic heterocycles. The van der Waals surface area contributed by atoms with E-state index < -0.39 is 0 Å². The molecule has 15 heavy (non-hydrogen) atoms. The Hall–Kier alpha value is -0.860. The Kier molecular flexibility index (Phi) is 4.30. The summed E-state index contributed by atoms with van der Waals surface area (Å²) < 4.78 is 5.23. The number of nitrogens with one attached hydrogen (secondary N) is 1. The molecule has 0 aliphatic carbocycles. The number of hydrogen-bond acceptors (Lipinski definition) is 2. The van der Waals surface area contributed by atoms with E-state index in [1.165, 1.54) is 22.3 Å². The number of benzene rings is 1. The van der Waals surface area contributed by atoms with Crippen molar-refractivity contribution in [3.63, 3.8) is 0 Å². The molecule has 0 bridgehead atoms. The van der Waals surface area contributed by atoms with Crippen LogP contribution in [0.4, 0.5) is 0 Å². The van der Waals surface area contributed by atoms with Crippen molar-refractivity contribution in [2.45, 2.75) is 26.8 Å². The SMILES string of the molecule is CNC(COC)c1c(C)cc(C)cc1C. The Morgan fingerprint density at radius 3 is 2.13 bits per heavy atom. The van der Waals surface area contributed by atoms with Crippen LogP contribution >= 0.6 is 0 Å². The Labute approximate surface area is 92.6 Å². The summed E-state index contributed by atoms with van der Waals surface area (Å²) in [6, 6.07) is 4.74. The van der Waals surface area contributed by atoms with E-state index >= 15 is 0 Å². The lowest BCUT2D eigenvalue weighted by molar-refractivity contribution is 0.170. The van der Waals surface area contributed by atoms with Crippen molar-refractivity contribution >= 4 is 0 Å². The summed E-state index contributed by atoms with van der Waals surface area (Å²) >= 11 is 0. The summed E-state index contributed by atoms with van der Waals surface area (Å²) in [6.07, 6.45) is 0. The van der Waals surface area contributed by atoms with Crippen LogP contribution in [-0.4, -0.2) is 20.8 Å². The third-order valence-electron chi connectivity index (χ3n) is 2.77. The minimum Gasteiger partial charge on any atom is -0.383 e. The maximum absolute atomic E-state index is 5.23. The van der Waals surface area contributed by atoms with Crippen LogP contribution in [0.15, 0.2) is 12.1 Å². The van der Waals surface area contributed by atoms with E-state index in [0.717, 1.165) is 0 Å². The average molecular weight is 207 g/mol. The van der Waals surface area contributed by atoms with Crippen LogP contribution in [0, 0.1) is 20.8 Å². The number of likely N-dealkylation sites (N-methyl/N-ethyl adjacent to an activating group) is 1. The van der Waals surface area contributed by atoms with Gasteiger partial charge in [-0.1, -0.05) is 17.7 Å². The van der Waals surface area contributed by atoms with Crippen LogP contribution in [0.3, 0.4) is 0 Å². The van der Waals surface area contributed by atoms with E-state index in [-0.39, 0.29) is 6.04 Å². The van der Waals surface area contributed by atoms with E-state index in [1.54, 1.807) is 7.11 Å². The molecule has 1 atom stereocenters. The van der Waals surface area contributed by atoms with Gasteiger partial charge in [0.05, 0.1) is 12.6 Å². The van der Waals surface area contributed by atoms with Gasteiger partial charge < -0.3 is 10.1 Å². The van der Waals surface area contributed by atoms with Crippen molar-refractivity contribution in [1.29, 1.82) is 0 Å². The zero-order chi connectivity index (χ0) is 11.4. The molecular formula is C13H21NO. The van der Waals surface area contributed by atoms with Gasteiger partial charge in [0.25, 0.3) is 0 Å². The Balaban J connectivity index is 3.11. The average Bonchev–Trinajstić information content (AvgIpc) is 2.14. The first kappa shape index (κ1) is 12.2. The zero-order valence-electron chi connectivity index (χ0n) is 10.3. The first-order chi connectivity index (χ1) is 7.10. The fraction of sp³-hybridized carbons (Fsp3) is 0.538. The van der Waals surface area contributed by atoms with Gasteiger partial charge in [0, 0.05) is 7.11 Å². The lowest BCUT2D eigenvalue weighted by atomic mass is 9.94. The molecule has 2 nitrogen and oxygen atoms in total. The summed E-state index contributed by atoms with van der Waals surface area (Å²) in [5.74, 6) is 0. The lowest BCUT2D eigenvalue weighted by Gasteiger charge is -2.21. The molecule has 0 aliphatic rings. The monoisotopic (exact) mass is 207 g/mol. The van der Waals surface area contributed by atoms with Gasteiger partial charge in [-0.3, -0.25) is 0 Å². The van der Waals surface area contributed by atoms with Gasteiger partial charge in [-0.25, -0.2) is 0 Å². The summed E-state index contributed by atoms with van der Waals surface area (Å²) in [4.78, 5) is 0. The second kappa shape index (κ2) is 5.29. The molecule has 1 unspecified atom stereocenters. The van der Waals surface area contributed by atoms with Gasteiger partial charge in [-0.2, -0.15) is 0 Å². The van der Waals surface area contributed by atoms with Gasteiger partial charge in [-0.15, -0.1) is 0 Å². The number of hydrogen-bond donors (Lipinski definition) is 1. The first-order valence-electron chi connectivity index (χ1n) is 5.34. The lowest BCUT2D eigenvalue weighted by Crippen LogP contribution is -2.23. The predicted octanol–water partition coefficient (Wildman–Crippen LogP) is 2.52. The minimum atomic E-state index is 0.288. The van der Waals surface area contributed by atoms with Crippen molar-refractivity contribution in [3.05, 3.63) is 34.4 Å². The first-order valence-corrected chi connectivity index (χ1v) is 5.34. The van der Waals surface area contributed by atoms with E-state index in [4.69, 9.17) is 4.74 Å². The van der Waals surface area contributed by atoms with Gasteiger partial charge in [-0.05, 0) is 44.5 Å². The van der Waals surface area contributed by atoms with Crippen molar-refractivity contribution in [2.75, 3.05) is 20.8 Å². The van der Waals surface area contributed by atoms with E-state index in [2.05, 4.69) is 38.2 Å². The summed E-state index contributed by atoms with van der Waals surface area (Å²) in [6.45, 7) is 7.17. The van der Waals surface area contributed by atoms with Gasteiger partial charge in [0.2, 0.25) is 0 Å². The summed E-state index contributed by atoms with van der Waals surface area (Å²) in [5, 5.41) is 3.30. The molecule has 1 rings (SSSR count). The number of rotatable bonds is 4. The maximum Gasteiger partial charge on any atom is 0.0657 e. The zero-order valence-corrected chi connectivity index (χ0v) is 10.3. The highest BCUT2D eigenvalue weighted by molar-refractivity contribution is 5.39. The third-order valence-corrected chi connectivity index (χ3v) is 2.77. The van der Waals surface area contributed by atoms with Gasteiger partial charge in [0.1, 0.15) is 0 Å². The number of ether oxygens (including phenoxy) is 1. The normalized spacial score (nSPS) is 12.9. The molecule has 2 heteroatoms. The third kappa shape index (κ3) is 2.80. The molecule has 1 aromatic carbocycles. The molecule has 0 aliphatic heterocycles. The second-order valence-electron chi connectivity index (χ2n) is 4.11. The molecule has 1 aromatic rings. The van der Waals surface area contributed by atoms with Crippen LogP contribution in [0.5, 0.6) is 0 Å². The van der Waals surface area contributed by atoms with E-state index in [0.29, 0.717) is 6.61 Å². The Bertz CT molecular complexity index is 310. The van der Waals surface area contributed by atoms with Crippen LogP contribution in [0.2, 0.25) is 0 Å². The number of aryl methyl sites for hydroxylation is 3. The smallest absolute Gasteiger partial charge is 0.0657 e. The maximum atomic E-state index is 5.23. The highest BCUT2D eigenvalue weighted by Crippen LogP contribution is 2.23. The molecule has 1 N–H and O–H groups in total. The van der Waals surface area contributed by atoms with Crippen molar-refractivity contribution in [1.82, 2.24) is 5.32 Å². The van der Waals surface area contributed by atoms with Crippen LogP contribution in [0.1, 0.15) is 28.3 Å². The Morgan fingerprint density at radius 1 is 1.20 bits per heavy atom. The molecular weight excluding hydrogens is 186 g/mol. The molecule has 0 heterocycles. The second-order valence-corrected chi connectivity index (χ2v) is 4.11. The predicted molar refractivity (Wildman–Crippen MR) is 64.3 cm³/mol. The van der Waals surface area contributed by atoms with E-state index in [1.807, 2.05) is 7.05 Å². The molecule has 0 fully saturated rings. The van der Waals surface area contributed by atoms with Crippen molar-refractivity contribution in [3.8, 4) is 0 Å². The van der Waals surface area contributed by atoms with Crippen LogP contribution in [-0.2, 0) is 4.74 Å². The molecule has 0 radical (unpaired) electrons. The van der Waals surface area contributed by atoms with Crippen LogP contribution < -0.4 is 5.32 Å². The fourth-order valence-corrected chi connectivity index (χ4v) is 2.22. The molecule has 0 saturated heterocycles. The van der Waals surface area contributed by atoms with Crippen LogP contribution in [0.25, 0.3) is 0 Å².